The van der Waals surface area contributed by atoms with Crippen LogP contribution in [0.25, 0.3) is 0 Å². The first kappa shape index (κ1) is 13.6. The van der Waals surface area contributed by atoms with E-state index in [2.05, 4.69) is 4.98 Å². The highest BCUT2D eigenvalue weighted by molar-refractivity contribution is 6.17. The fraction of sp³-hybridized carbons (Fsp3) is 0.400. The summed E-state index contributed by atoms with van der Waals surface area (Å²) in [4.78, 5) is 14.2. The Hall–Kier alpha value is -1.43. The van der Waals surface area contributed by atoms with Gasteiger partial charge in [0.15, 0.2) is 0 Å². The van der Waals surface area contributed by atoms with E-state index in [-0.39, 0.29) is 29.3 Å². The summed E-state index contributed by atoms with van der Waals surface area (Å²) in [6.45, 7) is 0. The summed E-state index contributed by atoms with van der Waals surface area (Å²) in [5.74, 6) is -1.38. The van der Waals surface area contributed by atoms with E-state index in [1.165, 1.54) is 13.2 Å². The smallest absolute Gasteiger partial charge is 0.308 e. The SMILES string of the molecule is COc1nc(C(F)F)c(CCl)cc1CC(=O)O. The van der Waals surface area contributed by atoms with Gasteiger partial charge in [0.25, 0.3) is 6.43 Å². The Labute approximate surface area is 101 Å². The van der Waals surface area contributed by atoms with Gasteiger partial charge in [0.2, 0.25) is 5.88 Å². The predicted octanol–water partition coefficient (Wildman–Crippen LogP) is 2.39. The Balaban J connectivity index is 3.27. The second-order valence-corrected chi connectivity index (χ2v) is 3.47. The van der Waals surface area contributed by atoms with Gasteiger partial charge in [-0.2, -0.15) is 0 Å². The number of hydrogen-bond donors (Lipinski definition) is 1. The van der Waals surface area contributed by atoms with Crippen LogP contribution in [0, 0.1) is 0 Å². The molecule has 17 heavy (non-hydrogen) atoms. The summed E-state index contributed by atoms with van der Waals surface area (Å²) in [6, 6.07) is 1.29. The fourth-order valence-electron chi connectivity index (χ4n) is 1.36. The molecule has 94 valence electrons. The third-order valence-electron chi connectivity index (χ3n) is 2.06. The average Bonchev–Trinajstić information content (AvgIpc) is 2.27. The zero-order chi connectivity index (χ0) is 13.0. The van der Waals surface area contributed by atoms with Gasteiger partial charge in [0.05, 0.1) is 13.5 Å². The molecule has 0 aliphatic rings. The van der Waals surface area contributed by atoms with Crippen molar-refractivity contribution >= 4 is 17.6 Å². The van der Waals surface area contributed by atoms with Crippen LogP contribution in [0.2, 0.25) is 0 Å². The van der Waals surface area contributed by atoms with Crippen LogP contribution in [0.3, 0.4) is 0 Å². The predicted molar refractivity (Wildman–Crippen MR) is 56.6 cm³/mol. The molecule has 0 saturated carbocycles. The van der Waals surface area contributed by atoms with E-state index < -0.39 is 18.1 Å². The number of alkyl halides is 3. The number of carboxylic acids is 1. The van der Waals surface area contributed by atoms with Crippen molar-refractivity contribution in [3.63, 3.8) is 0 Å². The standard InChI is InChI=1S/C10H10ClF2NO3/c1-17-10-5(3-7(15)16)2-6(4-11)8(14-10)9(12)13/h2,9H,3-4H2,1H3,(H,15,16). The molecule has 1 heterocycles. The fourth-order valence-corrected chi connectivity index (χ4v) is 1.58. The molecule has 1 aromatic rings. The molecule has 0 amide bonds. The van der Waals surface area contributed by atoms with Crippen molar-refractivity contribution in [3.8, 4) is 5.88 Å². The summed E-state index contributed by atoms with van der Waals surface area (Å²) in [7, 11) is 1.24. The van der Waals surface area contributed by atoms with E-state index in [9.17, 15) is 13.6 Å². The molecular weight excluding hydrogens is 256 g/mol. The average molecular weight is 266 g/mol. The number of carboxylic acid groups (broad SMARTS) is 1. The third-order valence-corrected chi connectivity index (χ3v) is 2.35. The normalized spacial score (nSPS) is 10.6. The van der Waals surface area contributed by atoms with Gasteiger partial charge in [-0.25, -0.2) is 13.8 Å². The van der Waals surface area contributed by atoms with E-state index in [0.717, 1.165) is 0 Å². The molecule has 0 aliphatic heterocycles. The molecule has 4 nitrogen and oxygen atoms in total. The Morgan fingerprint density at radius 3 is 2.65 bits per heavy atom. The summed E-state index contributed by atoms with van der Waals surface area (Å²) >= 11 is 5.52. The zero-order valence-electron chi connectivity index (χ0n) is 8.91. The lowest BCUT2D eigenvalue weighted by atomic mass is 10.1. The minimum absolute atomic E-state index is 0.110. The number of aromatic nitrogens is 1. The molecule has 0 bridgehead atoms. The van der Waals surface area contributed by atoms with Gasteiger partial charge in [-0.15, -0.1) is 11.6 Å². The van der Waals surface area contributed by atoms with Crippen LogP contribution in [0.15, 0.2) is 6.07 Å². The molecule has 0 aliphatic carbocycles. The first-order chi connectivity index (χ1) is 7.99. The van der Waals surface area contributed by atoms with Crippen LogP contribution < -0.4 is 4.74 Å². The van der Waals surface area contributed by atoms with Crippen molar-refractivity contribution in [2.75, 3.05) is 7.11 Å². The quantitative estimate of drug-likeness (QED) is 0.831. The topological polar surface area (TPSA) is 59.4 Å². The number of aliphatic carboxylic acids is 1. The Morgan fingerprint density at radius 2 is 2.24 bits per heavy atom. The number of carbonyl (C=O) groups is 1. The molecule has 0 spiro atoms. The van der Waals surface area contributed by atoms with E-state index in [4.69, 9.17) is 21.4 Å². The maximum Gasteiger partial charge on any atom is 0.308 e. The monoisotopic (exact) mass is 265 g/mol. The Morgan fingerprint density at radius 1 is 1.59 bits per heavy atom. The summed E-state index contributed by atoms with van der Waals surface area (Å²) < 4.78 is 30.0. The van der Waals surface area contributed by atoms with Crippen LogP contribution in [0.4, 0.5) is 8.78 Å². The first-order valence-corrected chi connectivity index (χ1v) is 5.15. The van der Waals surface area contributed by atoms with E-state index in [0.29, 0.717) is 0 Å². The number of ether oxygens (including phenoxy) is 1. The number of halogens is 3. The zero-order valence-corrected chi connectivity index (χ0v) is 9.67. The van der Waals surface area contributed by atoms with Gasteiger partial charge in [-0.05, 0) is 11.6 Å². The molecule has 0 radical (unpaired) electrons. The van der Waals surface area contributed by atoms with E-state index in [1.54, 1.807) is 0 Å². The molecule has 0 saturated heterocycles. The number of methoxy groups -OCH3 is 1. The number of hydrogen-bond acceptors (Lipinski definition) is 3. The van der Waals surface area contributed by atoms with Crippen LogP contribution in [-0.2, 0) is 17.1 Å². The highest BCUT2D eigenvalue weighted by atomic mass is 35.5. The van der Waals surface area contributed by atoms with Crippen molar-refractivity contribution in [2.45, 2.75) is 18.7 Å². The van der Waals surface area contributed by atoms with Gasteiger partial charge in [0.1, 0.15) is 5.69 Å². The lowest BCUT2D eigenvalue weighted by Crippen LogP contribution is -2.07. The Kier molecular flexibility index (Phi) is 4.62. The van der Waals surface area contributed by atoms with Gasteiger partial charge in [0, 0.05) is 11.4 Å². The Bertz CT molecular complexity index is 426. The van der Waals surface area contributed by atoms with Crippen molar-refractivity contribution in [3.05, 3.63) is 22.9 Å². The largest absolute Gasteiger partial charge is 0.481 e. The number of nitrogens with zero attached hydrogens (tertiary/aromatic N) is 1. The molecule has 7 heteroatoms. The second-order valence-electron chi connectivity index (χ2n) is 3.21. The summed E-state index contributed by atoms with van der Waals surface area (Å²) in [5.41, 5.74) is -0.148. The molecule has 0 atom stereocenters. The minimum atomic E-state index is -2.78. The first-order valence-electron chi connectivity index (χ1n) is 4.62. The lowest BCUT2D eigenvalue weighted by Gasteiger charge is -2.11. The van der Waals surface area contributed by atoms with Gasteiger partial charge in [-0.1, -0.05) is 0 Å². The molecular formula is C10H10ClF2NO3. The maximum absolute atomic E-state index is 12.6. The summed E-state index contributed by atoms with van der Waals surface area (Å²) in [6.07, 6.45) is -3.14. The maximum atomic E-state index is 12.6. The number of pyridine rings is 1. The van der Waals surface area contributed by atoms with Crippen molar-refractivity contribution in [1.29, 1.82) is 0 Å². The van der Waals surface area contributed by atoms with Crippen LogP contribution in [0.1, 0.15) is 23.2 Å². The minimum Gasteiger partial charge on any atom is -0.481 e. The van der Waals surface area contributed by atoms with Crippen LogP contribution in [-0.4, -0.2) is 23.2 Å². The van der Waals surface area contributed by atoms with Crippen LogP contribution >= 0.6 is 11.6 Å². The highest BCUT2D eigenvalue weighted by Gasteiger charge is 2.19. The highest BCUT2D eigenvalue weighted by Crippen LogP contribution is 2.28. The molecule has 1 aromatic heterocycles. The second kappa shape index (κ2) is 5.77. The molecule has 0 fully saturated rings. The van der Waals surface area contributed by atoms with Crippen molar-refractivity contribution < 1.29 is 23.4 Å². The van der Waals surface area contributed by atoms with Gasteiger partial charge in [-0.3, -0.25) is 4.79 Å². The van der Waals surface area contributed by atoms with Gasteiger partial charge < -0.3 is 9.84 Å². The number of rotatable bonds is 5. The van der Waals surface area contributed by atoms with E-state index >= 15 is 0 Å². The lowest BCUT2D eigenvalue weighted by molar-refractivity contribution is -0.136. The third kappa shape index (κ3) is 3.26. The molecule has 1 N–H and O–H groups in total. The van der Waals surface area contributed by atoms with Crippen molar-refractivity contribution in [1.82, 2.24) is 4.98 Å². The van der Waals surface area contributed by atoms with E-state index in [1.807, 2.05) is 0 Å². The van der Waals surface area contributed by atoms with Crippen molar-refractivity contribution in [2.24, 2.45) is 0 Å². The molecule has 1 rings (SSSR count). The summed E-state index contributed by atoms with van der Waals surface area (Å²) in [5, 5.41) is 8.66. The van der Waals surface area contributed by atoms with Gasteiger partial charge >= 0.3 is 5.97 Å². The molecule has 0 unspecified atom stereocenters. The molecule has 0 aromatic carbocycles. The van der Waals surface area contributed by atoms with Crippen LogP contribution in [0.5, 0.6) is 5.88 Å².